The van der Waals surface area contributed by atoms with Gasteiger partial charge >= 0.3 is 0 Å². The minimum absolute atomic E-state index is 0.498. The predicted octanol–water partition coefficient (Wildman–Crippen LogP) is 4.29. The smallest absolute Gasteiger partial charge is 0.0575 e. The molecular formula is C19H31NO. The van der Waals surface area contributed by atoms with E-state index in [9.17, 15) is 0 Å². The Hall–Kier alpha value is -0.860. The first-order valence-corrected chi connectivity index (χ1v) is 8.56. The Morgan fingerprint density at radius 3 is 2.52 bits per heavy atom. The number of benzene rings is 1. The highest BCUT2D eigenvalue weighted by Gasteiger charge is 2.16. The summed E-state index contributed by atoms with van der Waals surface area (Å²) in [6.45, 7) is 5.46. The summed E-state index contributed by atoms with van der Waals surface area (Å²) < 4.78 is 5.84. The SMILES string of the molecule is CNC(CCC1CCCCO1)Cc1ccc(C(C)C)cc1. The maximum absolute atomic E-state index is 5.84. The van der Waals surface area contributed by atoms with E-state index in [0.29, 0.717) is 18.1 Å². The summed E-state index contributed by atoms with van der Waals surface area (Å²) in [5, 5.41) is 3.47. The van der Waals surface area contributed by atoms with Crippen molar-refractivity contribution in [3.8, 4) is 0 Å². The van der Waals surface area contributed by atoms with E-state index in [0.717, 1.165) is 13.0 Å². The molecule has 1 aliphatic heterocycles. The molecule has 1 aromatic carbocycles. The molecule has 0 radical (unpaired) electrons. The van der Waals surface area contributed by atoms with E-state index in [1.165, 1.54) is 43.2 Å². The lowest BCUT2D eigenvalue weighted by Crippen LogP contribution is -2.30. The van der Waals surface area contributed by atoms with Crippen molar-refractivity contribution in [3.63, 3.8) is 0 Å². The van der Waals surface area contributed by atoms with Gasteiger partial charge in [-0.05, 0) is 62.6 Å². The molecule has 2 heteroatoms. The molecule has 1 fully saturated rings. The molecule has 0 bridgehead atoms. The van der Waals surface area contributed by atoms with Crippen molar-refractivity contribution in [2.75, 3.05) is 13.7 Å². The number of nitrogens with one attached hydrogen (secondary N) is 1. The Bertz CT molecular complexity index is 393. The van der Waals surface area contributed by atoms with Crippen LogP contribution in [-0.2, 0) is 11.2 Å². The summed E-state index contributed by atoms with van der Waals surface area (Å²) in [4.78, 5) is 0. The van der Waals surface area contributed by atoms with Crippen molar-refractivity contribution in [1.29, 1.82) is 0 Å². The van der Waals surface area contributed by atoms with Crippen molar-refractivity contribution in [1.82, 2.24) is 5.32 Å². The molecule has 1 heterocycles. The van der Waals surface area contributed by atoms with E-state index in [1.807, 2.05) is 0 Å². The first kappa shape index (κ1) is 16.5. The van der Waals surface area contributed by atoms with Gasteiger partial charge in [0.2, 0.25) is 0 Å². The zero-order valence-corrected chi connectivity index (χ0v) is 13.9. The van der Waals surface area contributed by atoms with Crippen LogP contribution in [-0.4, -0.2) is 25.8 Å². The first-order chi connectivity index (χ1) is 10.2. The lowest BCUT2D eigenvalue weighted by atomic mass is 9.95. The van der Waals surface area contributed by atoms with Gasteiger partial charge in [0.05, 0.1) is 6.10 Å². The molecule has 1 N–H and O–H groups in total. The van der Waals surface area contributed by atoms with Gasteiger partial charge in [0.15, 0.2) is 0 Å². The topological polar surface area (TPSA) is 21.3 Å². The molecule has 21 heavy (non-hydrogen) atoms. The van der Waals surface area contributed by atoms with Crippen LogP contribution in [0.3, 0.4) is 0 Å². The molecule has 2 unspecified atom stereocenters. The monoisotopic (exact) mass is 289 g/mol. The Morgan fingerprint density at radius 2 is 1.95 bits per heavy atom. The van der Waals surface area contributed by atoms with Gasteiger partial charge in [-0.15, -0.1) is 0 Å². The number of likely N-dealkylation sites (N-methyl/N-ethyl adjacent to an activating group) is 1. The Balaban J connectivity index is 1.80. The van der Waals surface area contributed by atoms with Crippen LogP contribution in [0.4, 0.5) is 0 Å². The molecule has 0 amide bonds. The maximum atomic E-state index is 5.84. The number of rotatable bonds is 7. The third-order valence-corrected chi connectivity index (χ3v) is 4.65. The highest BCUT2D eigenvalue weighted by Crippen LogP contribution is 2.20. The van der Waals surface area contributed by atoms with Crippen LogP contribution >= 0.6 is 0 Å². The Kier molecular flexibility index (Phi) is 6.72. The zero-order chi connectivity index (χ0) is 15.1. The second-order valence-electron chi connectivity index (χ2n) is 6.65. The van der Waals surface area contributed by atoms with Gasteiger partial charge < -0.3 is 10.1 Å². The number of hydrogen-bond acceptors (Lipinski definition) is 2. The quantitative estimate of drug-likeness (QED) is 0.808. The molecule has 1 aliphatic rings. The second kappa shape index (κ2) is 8.55. The second-order valence-corrected chi connectivity index (χ2v) is 6.65. The summed E-state index contributed by atoms with van der Waals surface area (Å²) in [5.74, 6) is 0.614. The summed E-state index contributed by atoms with van der Waals surface area (Å²) in [6.07, 6.45) is 7.83. The highest BCUT2D eigenvalue weighted by molar-refractivity contribution is 5.25. The van der Waals surface area contributed by atoms with E-state index in [4.69, 9.17) is 4.74 Å². The molecule has 0 spiro atoms. The molecule has 1 aromatic rings. The van der Waals surface area contributed by atoms with Crippen molar-refractivity contribution in [2.45, 2.75) is 70.4 Å². The van der Waals surface area contributed by atoms with E-state index in [-0.39, 0.29) is 0 Å². The van der Waals surface area contributed by atoms with Crippen LogP contribution in [0.5, 0.6) is 0 Å². The lowest BCUT2D eigenvalue weighted by molar-refractivity contribution is 0.00870. The fourth-order valence-corrected chi connectivity index (χ4v) is 3.09. The molecule has 2 nitrogen and oxygen atoms in total. The van der Waals surface area contributed by atoms with Gasteiger partial charge in [0.1, 0.15) is 0 Å². The van der Waals surface area contributed by atoms with Gasteiger partial charge in [-0.2, -0.15) is 0 Å². The minimum atomic E-state index is 0.498. The molecule has 0 aromatic heterocycles. The normalized spacial score (nSPS) is 20.7. The fourth-order valence-electron chi connectivity index (χ4n) is 3.09. The largest absolute Gasteiger partial charge is 0.378 e. The number of ether oxygens (including phenoxy) is 1. The molecule has 118 valence electrons. The fraction of sp³-hybridized carbons (Fsp3) is 0.684. The van der Waals surface area contributed by atoms with Crippen molar-refractivity contribution in [2.24, 2.45) is 0 Å². The van der Waals surface area contributed by atoms with Gasteiger partial charge in [-0.3, -0.25) is 0 Å². The number of hydrogen-bond donors (Lipinski definition) is 1. The van der Waals surface area contributed by atoms with Crippen LogP contribution in [0.15, 0.2) is 24.3 Å². The van der Waals surface area contributed by atoms with E-state index >= 15 is 0 Å². The van der Waals surface area contributed by atoms with Crippen molar-refractivity contribution < 1.29 is 4.74 Å². The third-order valence-electron chi connectivity index (χ3n) is 4.65. The molecular weight excluding hydrogens is 258 g/mol. The van der Waals surface area contributed by atoms with Crippen LogP contribution in [0.25, 0.3) is 0 Å². The Morgan fingerprint density at radius 1 is 1.19 bits per heavy atom. The molecule has 2 rings (SSSR count). The summed E-state index contributed by atoms with van der Waals surface area (Å²) in [6, 6.07) is 9.68. The first-order valence-electron chi connectivity index (χ1n) is 8.56. The van der Waals surface area contributed by atoms with E-state index in [1.54, 1.807) is 0 Å². The van der Waals surface area contributed by atoms with E-state index in [2.05, 4.69) is 50.5 Å². The summed E-state index contributed by atoms with van der Waals surface area (Å²) in [7, 11) is 2.08. The van der Waals surface area contributed by atoms with E-state index < -0.39 is 0 Å². The van der Waals surface area contributed by atoms with Crippen LogP contribution in [0, 0.1) is 0 Å². The van der Waals surface area contributed by atoms with Crippen molar-refractivity contribution >= 4 is 0 Å². The molecule has 2 atom stereocenters. The van der Waals surface area contributed by atoms with Crippen LogP contribution < -0.4 is 5.32 Å². The highest BCUT2D eigenvalue weighted by atomic mass is 16.5. The Labute approximate surface area is 130 Å². The average Bonchev–Trinajstić information content (AvgIpc) is 2.53. The van der Waals surface area contributed by atoms with Crippen LogP contribution in [0.1, 0.15) is 63.0 Å². The van der Waals surface area contributed by atoms with Gasteiger partial charge in [-0.25, -0.2) is 0 Å². The van der Waals surface area contributed by atoms with Crippen molar-refractivity contribution in [3.05, 3.63) is 35.4 Å². The third kappa shape index (κ3) is 5.44. The van der Waals surface area contributed by atoms with Gasteiger partial charge in [0, 0.05) is 12.6 Å². The van der Waals surface area contributed by atoms with Crippen LogP contribution in [0.2, 0.25) is 0 Å². The van der Waals surface area contributed by atoms with Gasteiger partial charge in [-0.1, -0.05) is 38.1 Å². The summed E-state index contributed by atoms with van der Waals surface area (Å²) >= 11 is 0. The zero-order valence-electron chi connectivity index (χ0n) is 13.9. The average molecular weight is 289 g/mol. The molecule has 0 saturated carbocycles. The van der Waals surface area contributed by atoms with Gasteiger partial charge in [0.25, 0.3) is 0 Å². The molecule has 1 saturated heterocycles. The predicted molar refractivity (Wildman–Crippen MR) is 89.9 cm³/mol. The molecule has 0 aliphatic carbocycles. The standard InChI is InChI=1S/C19H31NO/c1-15(2)17-9-7-16(8-10-17)14-18(20-3)11-12-19-6-4-5-13-21-19/h7-10,15,18-20H,4-6,11-14H2,1-3H3. The minimum Gasteiger partial charge on any atom is -0.378 e. The summed E-state index contributed by atoms with van der Waals surface area (Å²) in [5.41, 5.74) is 2.86. The maximum Gasteiger partial charge on any atom is 0.0575 e. The lowest BCUT2D eigenvalue weighted by Gasteiger charge is -2.25.